The van der Waals surface area contributed by atoms with Crippen molar-refractivity contribution < 1.29 is 17.4 Å². The Morgan fingerprint density at radius 3 is 2.62 bits per heavy atom. The molecule has 90 valence electrons. The summed E-state index contributed by atoms with van der Waals surface area (Å²) in [4.78, 5) is 12.0. The van der Waals surface area contributed by atoms with Crippen LogP contribution in [0.2, 0.25) is 0 Å². The van der Waals surface area contributed by atoms with Gasteiger partial charge in [0.25, 0.3) is 10.1 Å². The maximum absolute atomic E-state index is 12.0. The van der Waals surface area contributed by atoms with Crippen LogP contribution in [0.25, 0.3) is 0 Å². The van der Waals surface area contributed by atoms with Gasteiger partial charge in [0.2, 0.25) is 0 Å². The molecule has 0 amide bonds. The SMILES string of the molecule is CS(=O)(=O)O[C@@H]1C2CC3CC(C2)C(=O)C1C3. The number of hydrogen-bond donors (Lipinski definition) is 0. The fourth-order valence-corrected chi connectivity index (χ4v) is 4.62. The molecule has 0 aliphatic heterocycles. The average molecular weight is 244 g/mol. The van der Waals surface area contributed by atoms with Crippen molar-refractivity contribution in [2.24, 2.45) is 23.7 Å². The van der Waals surface area contributed by atoms with E-state index in [-0.39, 0.29) is 29.6 Å². The van der Waals surface area contributed by atoms with E-state index in [1.165, 1.54) is 0 Å². The van der Waals surface area contributed by atoms with E-state index in [1.54, 1.807) is 0 Å². The van der Waals surface area contributed by atoms with Gasteiger partial charge in [0.15, 0.2) is 0 Å². The zero-order valence-corrected chi connectivity index (χ0v) is 10.1. The molecule has 5 heteroatoms. The van der Waals surface area contributed by atoms with Crippen LogP contribution >= 0.6 is 0 Å². The van der Waals surface area contributed by atoms with Gasteiger partial charge >= 0.3 is 0 Å². The van der Waals surface area contributed by atoms with E-state index in [2.05, 4.69) is 0 Å². The van der Waals surface area contributed by atoms with E-state index < -0.39 is 10.1 Å². The highest BCUT2D eigenvalue weighted by molar-refractivity contribution is 7.86. The summed E-state index contributed by atoms with van der Waals surface area (Å²) >= 11 is 0. The van der Waals surface area contributed by atoms with E-state index in [1.807, 2.05) is 0 Å². The first-order valence-corrected chi connectivity index (χ1v) is 7.67. The van der Waals surface area contributed by atoms with Gasteiger partial charge in [0, 0.05) is 11.8 Å². The summed E-state index contributed by atoms with van der Waals surface area (Å²) in [5.41, 5.74) is 0. The first kappa shape index (κ1) is 10.7. The Labute approximate surface area is 95.5 Å². The molecule has 4 aliphatic rings. The highest BCUT2D eigenvalue weighted by Gasteiger charge is 2.54. The van der Waals surface area contributed by atoms with Crippen LogP contribution in [-0.2, 0) is 19.1 Å². The van der Waals surface area contributed by atoms with Crippen molar-refractivity contribution in [1.29, 1.82) is 0 Å². The molecule has 4 unspecified atom stereocenters. The molecule has 0 aromatic rings. The lowest BCUT2D eigenvalue weighted by Crippen LogP contribution is -2.55. The minimum absolute atomic E-state index is 0.147. The second-order valence-corrected chi connectivity index (χ2v) is 7.14. The zero-order chi connectivity index (χ0) is 11.5. The number of carbonyl (C=O) groups excluding carboxylic acids is 1. The van der Waals surface area contributed by atoms with Crippen molar-refractivity contribution in [3.05, 3.63) is 0 Å². The van der Waals surface area contributed by atoms with Gasteiger partial charge in [-0.15, -0.1) is 0 Å². The molecule has 16 heavy (non-hydrogen) atoms. The van der Waals surface area contributed by atoms with Crippen LogP contribution in [0.5, 0.6) is 0 Å². The molecular weight excluding hydrogens is 228 g/mol. The third-order valence-corrected chi connectivity index (χ3v) is 4.92. The first-order chi connectivity index (χ1) is 7.44. The lowest BCUT2D eigenvalue weighted by atomic mass is 9.54. The highest BCUT2D eigenvalue weighted by Crippen LogP contribution is 2.53. The normalized spacial score (nSPS) is 46.3. The smallest absolute Gasteiger partial charge is 0.264 e. The van der Waals surface area contributed by atoms with Gasteiger partial charge in [-0.25, -0.2) is 0 Å². The number of hydrogen-bond acceptors (Lipinski definition) is 4. The van der Waals surface area contributed by atoms with Crippen molar-refractivity contribution >= 4 is 15.9 Å². The number of rotatable bonds is 2. The largest absolute Gasteiger partial charge is 0.299 e. The van der Waals surface area contributed by atoms with Crippen LogP contribution in [0.15, 0.2) is 0 Å². The Morgan fingerprint density at radius 1 is 1.19 bits per heavy atom. The highest BCUT2D eigenvalue weighted by atomic mass is 32.2. The molecule has 0 saturated heterocycles. The predicted octanol–water partition coefficient (Wildman–Crippen LogP) is 0.966. The van der Waals surface area contributed by atoms with Crippen molar-refractivity contribution in [2.75, 3.05) is 6.26 Å². The maximum atomic E-state index is 12.0. The van der Waals surface area contributed by atoms with Gasteiger partial charge in [-0.05, 0) is 37.5 Å². The van der Waals surface area contributed by atoms with Crippen molar-refractivity contribution in [1.82, 2.24) is 0 Å². The van der Waals surface area contributed by atoms with Crippen LogP contribution in [0, 0.1) is 23.7 Å². The molecule has 0 radical (unpaired) electrons. The molecule has 4 rings (SSSR count). The second kappa shape index (κ2) is 3.29. The van der Waals surface area contributed by atoms with E-state index >= 15 is 0 Å². The Balaban J connectivity index is 1.88. The molecular formula is C11H16O4S. The van der Waals surface area contributed by atoms with Crippen molar-refractivity contribution in [2.45, 2.75) is 31.8 Å². The van der Waals surface area contributed by atoms with Crippen LogP contribution in [-0.4, -0.2) is 26.6 Å². The third-order valence-electron chi connectivity index (χ3n) is 4.34. The minimum Gasteiger partial charge on any atom is -0.299 e. The lowest BCUT2D eigenvalue weighted by molar-refractivity contribution is -0.151. The van der Waals surface area contributed by atoms with Gasteiger partial charge in [0.05, 0.1) is 12.4 Å². The van der Waals surface area contributed by atoms with Crippen LogP contribution < -0.4 is 0 Å². The summed E-state index contributed by atoms with van der Waals surface area (Å²) in [6, 6.07) is 0. The van der Waals surface area contributed by atoms with Crippen LogP contribution in [0.1, 0.15) is 25.7 Å². The molecule has 4 fully saturated rings. The van der Waals surface area contributed by atoms with E-state index in [0.29, 0.717) is 5.92 Å². The minimum atomic E-state index is -3.44. The summed E-state index contributed by atoms with van der Waals surface area (Å²) in [6.45, 7) is 0. The van der Waals surface area contributed by atoms with Crippen LogP contribution in [0.3, 0.4) is 0 Å². The molecule has 0 aromatic heterocycles. The Kier molecular flexibility index (Phi) is 2.20. The van der Waals surface area contributed by atoms with Gasteiger partial charge in [0.1, 0.15) is 5.78 Å². The van der Waals surface area contributed by atoms with E-state index in [4.69, 9.17) is 4.18 Å². The molecule has 0 aromatic carbocycles. The zero-order valence-electron chi connectivity index (χ0n) is 9.26. The lowest BCUT2D eigenvalue weighted by Gasteiger charge is -2.52. The number of ketones is 1. The quantitative estimate of drug-likeness (QED) is 0.679. The maximum Gasteiger partial charge on any atom is 0.264 e. The van der Waals surface area contributed by atoms with Gasteiger partial charge in [-0.2, -0.15) is 8.42 Å². The molecule has 4 nitrogen and oxygen atoms in total. The molecule has 4 aliphatic carbocycles. The Hall–Kier alpha value is -0.420. The van der Waals surface area contributed by atoms with Crippen molar-refractivity contribution in [3.8, 4) is 0 Å². The molecule has 0 spiro atoms. The standard InChI is InChI=1S/C11H16O4S/c1-16(13,14)15-11-8-3-6-2-7(5-8)10(12)9(11)4-6/h6-9,11H,2-5H2,1H3/t6?,7?,8?,9?,11-/m1/s1. The Bertz CT molecular complexity index is 427. The monoisotopic (exact) mass is 244 g/mol. The van der Waals surface area contributed by atoms with Gasteiger partial charge in [-0.1, -0.05) is 0 Å². The third kappa shape index (κ3) is 1.61. The fraction of sp³-hybridized carbons (Fsp3) is 0.909. The molecule has 4 bridgehead atoms. The van der Waals surface area contributed by atoms with Crippen molar-refractivity contribution in [3.63, 3.8) is 0 Å². The second-order valence-electron chi connectivity index (χ2n) is 5.54. The van der Waals surface area contributed by atoms with E-state index in [0.717, 1.165) is 31.9 Å². The van der Waals surface area contributed by atoms with Crippen LogP contribution in [0.4, 0.5) is 0 Å². The average Bonchev–Trinajstić information content (AvgIpc) is 2.17. The fourth-order valence-electron chi connectivity index (χ4n) is 3.93. The number of Topliss-reactive ketones (excluding diaryl/α,β-unsaturated/α-hetero) is 1. The first-order valence-electron chi connectivity index (χ1n) is 5.86. The molecule has 0 heterocycles. The predicted molar refractivity (Wildman–Crippen MR) is 57.2 cm³/mol. The summed E-state index contributed by atoms with van der Waals surface area (Å²) < 4.78 is 27.5. The summed E-state index contributed by atoms with van der Waals surface area (Å²) in [5, 5.41) is 0. The Morgan fingerprint density at radius 2 is 1.94 bits per heavy atom. The van der Waals surface area contributed by atoms with Gasteiger partial charge < -0.3 is 0 Å². The topological polar surface area (TPSA) is 60.4 Å². The summed E-state index contributed by atoms with van der Waals surface area (Å²) in [7, 11) is -3.44. The molecule has 4 saturated carbocycles. The molecule has 0 N–H and O–H groups in total. The van der Waals surface area contributed by atoms with Gasteiger partial charge in [-0.3, -0.25) is 8.98 Å². The summed E-state index contributed by atoms with van der Waals surface area (Å²) in [5.74, 6) is 1.22. The number of carbonyl (C=O) groups is 1. The molecule has 5 atom stereocenters. The summed E-state index contributed by atoms with van der Waals surface area (Å²) in [6.07, 6.45) is 4.45. The van der Waals surface area contributed by atoms with E-state index in [9.17, 15) is 13.2 Å².